The molecule has 0 bridgehead atoms. The zero-order valence-corrected chi connectivity index (χ0v) is 20.9. The van der Waals surface area contributed by atoms with E-state index in [-0.39, 0.29) is 54.3 Å². The van der Waals surface area contributed by atoms with E-state index >= 15 is 0 Å². The van der Waals surface area contributed by atoms with Crippen molar-refractivity contribution in [2.45, 2.75) is 12.8 Å². The Balaban J connectivity index is 2.44. The second kappa shape index (κ2) is 14.2. The van der Waals surface area contributed by atoms with Gasteiger partial charge in [0.25, 0.3) is 5.69 Å². The summed E-state index contributed by atoms with van der Waals surface area (Å²) in [5.41, 5.74) is 0.293. The Bertz CT molecular complexity index is 1230. The summed E-state index contributed by atoms with van der Waals surface area (Å²) in [6, 6.07) is 9.87. The number of nitriles is 1. The number of carbonyl (C=O) groups is 2. The van der Waals surface area contributed by atoms with Crippen LogP contribution in [0.15, 0.2) is 46.6 Å². The Kier molecular flexibility index (Phi) is 11.1. The summed E-state index contributed by atoms with van der Waals surface area (Å²) in [5.74, 6) is -0.938. The summed E-state index contributed by atoms with van der Waals surface area (Å²) < 4.78 is 31.3. The highest BCUT2D eigenvalue weighted by Gasteiger charge is 2.17. The van der Waals surface area contributed by atoms with Crippen LogP contribution in [0.1, 0.15) is 18.4 Å². The van der Waals surface area contributed by atoms with Crippen molar-refractivity contribution in [3.05, 3.63) is 52.1 Å². The molecule has 1 unspecified atom stereocenters. The summed E-state index contributed by atoms with van der Waals surface area (Å²) in [5, 5.41) is 28.3. The average molecular weight is 534 g/mol. The number of nitrogens with zero attached hydrogens (tertiary/aromatic N) is 5. The molecule has 2 rings (SSSR count). The zero-order valence-electron chi connectivity index (χ0n) is 20.1. The first-order valence-corrected chi connectivity index (χ1v) is 11.5. The van der Waals surface area contributed by atoms with Crippen molar-refractivity contribution in [2.24, 2.45) is 10.2 Å². The van der Waals surface area contributed by atoms with E-state index in [0.29, 0.717) is 5.69 Å². The minimum atomic E-state index is -2.19. The van der Waals surface area contributed by atoms with Gasteiger partial charge in [-0.15, -0.1) is 10.2 Å². The first kappa shape index (κ1) is 28.8. The lowest BCUT2D eigenvalue weighted by Gasteiger charge is -2.24. The number of nitro benzene ring substituents is 1. The van der Waals surface area contributed by atoms with Crippen molar-refractivity contribution in [3.63, 3.8) is 0 Å². The smallest absolute Gasteiger partial charge is 0.360 e. The monoisotopic (exact) mass is 533 g/mol. The molecule has 2 aromatic rings. The molecule has 14 nitrogen and oxygen atoms in total. The van der Waals surface area contributed by atoms with Gasteiger partial charge in [0.15, 0.2) is 5.75 Å². The fourth-order valence-electron chi connectivity index (χ4n) is 2.90. The van der Waals surface area contributed by atoms with Crippen LogP contribution in [0.3, 0.4) is 0 Å². The van der Waals surface area contributed by atoms with Crippen LogP contribution in [0.5, 0.6) is 5.75 Å². The number of hydrogen-bond acceptors (Lipinski definition) is 13. The normalized spacial score (nSPS) is 11.4. The molecule has 0 heterocycles. The van der Waals surface area contributed by atoms with Gasteiger partial charge in [-0.3, -0.25) is 23.9 Å². The van der Waals surface area contributed by atoms with Gasteiger partial charge in [0.1, 0.15) is 17.4 Å². The Hall–Kier alpha value is -4.42. The lowest BCUT2D eigenvalue weighted by molar-refractivity contribution is -0.384. The minimum absolute atomic E-state index is 0.0242. The SMILES string of the molecule is COC(=O)CCN(CCC(=O)OC)c1ccc(N=Nc2ccc([N+](=O)[O-])cc2C#N)c(OS(=O)OC)c1. The molecule has 0 aliphatic heterocycles. The van der Waals surface area contributed by atoms with E-state index < -0.39 is 28.2 Å². The Morgan fingerprint density at radius 1 is 1.03 bits per heavy atom. The van der Waals surface area contributed by atoms with Crippen molar-refractivity contribution in [1.82, 2.24) is 0 Å². The highest BCUT2D eigenvalue weighted by Crippen LogP contribution is 2.35. The van der Waals surface area contributed by atoms with Crippen molar-refractivity contribution >= 4 is 46.0 Å². The first-order valence-electron chi connectivity index (χ1n) is 10.5. The fourth-order valence-corrected chi connectivity index (χ4v) is 3.25. The van der Waals surface area contributed by atoms with Crippen LogP contribution in [-0.2, 0) is 34.6 Å². The second-order valence-corrected chi connectivity index (χ2v) is 7.92. The van der Waals surface area contributed by atoms with Gasteiger partial charge in [-0.05, 0) is 18.2 Å². The molecule has 0 amide bonds. The molecule has 0 radical (unpaired) electrons. The van der Waals surface area contributed by atoms with Crippen LogP contribution in [0.4, 0.5) is 22.7 Å². The van der Waals surface area contributed by atoms with E-state index in [1.807, 2.05) is 6.07 Å². The Labute approximate surface area is 214 Å². The highest BCUT2D eigenvalue weighted by atomic mass is 32.2. The second-order valence-electron chi connectivity index (χ2n) is 7.02. The van der Waals surface area contributed by atoms with Gasteiger partial charge in [-0.2, -0.15) is 9.47 Å². The Morgan fingerprint density at radius 3 is 2.16 bits per heavy atom. The van der Waals surface area contributed by atoms with Crippen molar-refractivity contribution in [3.8, 4) is 11.8 Å². The number of methoxy groups -OCH3 is 2. The van der Waals surface area contributed by atoms with Crippen molar-refractivity contribution in [2.75, 3.05) is 39.3 Å². The van der Waals surface area contributed by atoms with Gasteiger partial charge in [0.2, 0.25) is 0 Å². The zero-order chi connectivity index (χ0) is 27.4. The van der Waals surface area contributed by atoms with Crippen LogP contribution in [0.25, 0.3) is 0 Å². The van der Waals surface area contributed by atoms with Gasteiger partial charge in [-0.25, -0.2) is 0 Å². The third-order valence-corrected chi connectivity index (χ3v) is 5.39. The van der Waals surface area contributed by atoms with Crippen molar-refractivity contribution in [1.29, 1.82) is 5.26 Å². The van der Waals surface area contributed by atoms with Gasteiger partial charge >= 0.3 is 23.3 Å². The van der Waals surface area contributed by atoms with Gasteiger partial charge in [0, 0.05) is 37.0 Å². The molecule has 0 aliphatic rings. The summed E-state index contributed by atoms with van der Waals surface area (Å²) in [7, 11) is 3.68. The molecule has 0 fully saturated rings. The summed E-state index contributed by atoms with van der Waals surface area (Å²) in [4.78, 5) is 35.3. The largest absolute Gasteiger partial charge is 0.469 e. The molecule has 0 spiro atoms. The number of anilines is 1. The molecule has 0 aromatic heterocycles. The number of benzene rings is 2. The molecule has 0 saturated carbocycles. The molecule has 0 N–H and O–H groups in total. The molecule has 0 aliphatic carbocycles. The highest BCUT2D eigenvalue weighted by molar-refractivity contribution is 7.75. The average Bonchev–Trinajstić information content (AvgIpc) is 2.91. The van der Waals surface area contributed by atoms with Gasteiger partial charge < -0.3 is 18.6 Å². The summed E-state index contributed by atoms with van der Waals surface area (Å²) in [6.07, 6.45) is 0.0484. The number of esters is 2. The van der Waals surface area contributed by atoms with Gasteiger partial charge in [0.05, 0.1) is 44.7 Å². The number of hydrogen-bond donors (Lipinski definition) is 0. The van der Waals surface area contributed by atoms with E-state index in [4.69, 9.17) is 4.18 Å². The van der Waals surface area contributed by atoms with Gasteiger partial charge in [-0.1, -0.05) is 0 Å². The van der Waals surface area contributed by atoms with E-state index in [1.54, 1.807) is 11.0 Å². The quantitative estimate of drug-likeness (QED) is 0.159. The predicted molar refractivity (Wildman–Crippen MR) is 130 cm³/mol. The maximum absolute atomic E-state index is 11.9. The predicted octanol–water partition coefficient (Wildman–Crippen LogP) is 3.42. The van der Waals surface area contributed by atoms with E-state index in [9.17, 15) is 29.2 Å². The third-order valence-electron chi connectivity index (χ3n) is 4.81. The molecule has 1 atom stereocenters. The molecule has 2 aromatic carbocycles. The first-order chi connectivity index (χ1) is 17.7. The summed E-state index contributed by atoms with van der Waals surface area (Å²) >= 11 is -2.19. The molecule has 37 heavy (non-hydrogen) atoms. The van der Waals surface area contributed by atoms with E-state index in [0.717, 1.165) is 13.2 Å². The van der Waals surface area contributed by atoms with Crippen molar-refractivity contribution < 1.29 is 36.6 Å². The number of carbonyl (C=O) groups excluding carboxylic acids is 2. The number of ether oxygens (including phenoxy) is 2. The van der Waals surface area contributed by atoms with Crippen LogP contribution in [0, 0.1) is 21.4 Å². The third kappa shape index (κ3) is 8.63. The molecular formula is C22H23N5O9S. The topological polar surface area (TPSA) is 183 Å². The molecule has 15 heteroatoms. The van der Waals surface area contributed by atoms with Crippen LogP contribution < -0.4 is 9.08 Å². The summed E-state index contributed by atoms with van der Waals surface area (Å²) in [6.45, 7) is 0.372. The van der Waals surface area contributed by atoms with E-state index in [1.165, 1.54) is 38.5 Å². The molecule has 0 saturated heterocycles. The lowest BCUT2D eigenvalue weighted by Crippen LogP contribution is -2.29. The number of azo groups is 1. The fraction of sp³-hybridized carbons (Fsp3) is 0.318. The van der Waals surface area contributed by atoms with Crippen LogP contribution in [0.2, 0.25) is 0 Å². The maximum Gasteiger partial charge on any atom is 0.360 e. The standard InChI is InChI=1S/C22H23N5O9S/c1-33-21(28)8-10-26(11-9-22(29)34-2)16-4-7-19(20(13-16)36-37(32)35-3)25-24-18-6-5-17(27(30)31)12-15(18)14-23/h4-7,12-13H,8-11H2,1-3H3. The van der Waals surface area contributed by atoms with Crippen LogP contribution in [-0.4, -0.2) is 55.5 Å². The minimum Gasteiger partial charge on any atom is -0.469 e. The Morgan fingerprint density at radius 2 is 1.62 bits per heavy atom. The molecular weight excluding hydrogens is 510 g/mol. The number of non-ortho nitro benzene ring substituents is 1. The maximum atomic E-state index is 11.9. The van der Waals surface area contributed by atoms with E-state index in [2.05, 4.69) is 23.9 Å². The molecule has 196 valence electrons. The lowest BCUT2D eigenvalue weighted by atomic mass is 10.2. The number of rotatable bonds is 13. The number of nitro groups is 1. The van der Waals surface area contributed by atoms with Crippen LogP contribution >= 0.6 is 0 Å².